The van der Waals surface area contributed by atoms with Gasteiger partial charge in [0, 0.05) is 19.9 Å². The van der Waals surface area contributed by atoms with Gasteiger partial charge in [-0.2, -0.15) is 0 Å². The molecule has 0 bridgehead atoms. The molecule has 5 N–H and O–H groups in total. The molecule has 0 saturated heterocycles. The molecule has 0 aromatic carbocycles. The van der Waals surface area contributed by atoms with Crippen LogP contribution >= 0.6 is 0 Å². The maximum atomic E-state index is 11.9. The number of rotatable bonds is 9. The number of nitrogens with one attached hydrogen (secondary N) is 3. The fourth-order valence-electron chi connectivity index (χ4n) is 1.53. The highest BCUT2D eigenvalue weighted by molar-refractivity contribution is 5.87. The molecule has 0 aliphatic carbocycles. The van der Waals surface area contributed by atoms with Crippen molar-refractivity contribution in [2.24, 2.45) is 5.73 Å². The third-order valence-electron chi connectivity index (χ3n) is 2.62. The van der Waals surface area contributed by atoms with Gasteiger partial charge in [-0.05, 0) is 20.4 Å². The zero-order valence-electron chi connectivity index (χ0n) is 12.9. The van der Waals surface area contributed by atoms with Crippen molar-refractivity contribution in [3.63, 3.8) is 0 Å². The highest BCUT2D eigenvalue weighted by atomic mass is 16.2. The fourth-order valence-corrected chi connectivity index (χ4v) is 1.53. The first-order valence-electron chi connectivity index (χ1n) is 6.74. The number of likely N-dealkylation sites (N-methyl/N-ethyl adjacent to an activating group) is 1. The molecule has 8 nitrogen and oxygen atoms in total. The van der Waals surface area contributed by atoms with Gasteiger partial charge in [-0.15, -0.1) is 0 Å². The van der Waals surface area contributed by atoms with Gasteiger partial charge in [0.1, 0.15) is 11.8 Å². The van der Waals surface area contributed by atoms with Gasteiger partial charge in [0.05, 0.1) is 6.04 Å². The van der Waals surface area contributed by atoms with Gasteiger partial charge >= 0.3 is 0 Å². The number of hydrogen-bond donors (Lipinski definition) is 4. The Morgan fingerprint density at radius 1 is 1.20 bits per heavy atom. The number of hydrogen-bond acceptors (Lipinski definition) is 5. The van der Waals surface area contributed by atoms with Gasteiger partial charge in [-0.25, -0.2) is 0 Å². The van der Waals surface area contributed by atoms with Crippen LogP contribution in [0.5, 0.6) is 0 Å². The molecule has 20 heavy (non-hydrogen) atoms. The molecule has 0 saturated carbocycles. The number of ketones is 1. The van der Waals surface area contributed by atoms with E-state index >= 15 is 0 Å². The van der Waals surface area contributed by atoms with E-state index in [0.717, 1.165) is 0 Å². The van der Waals surface area contributed by atoms with Crippen molar-refractivity contribution in [3.05, 3.63) is 0 Å². The summed E-state index contributed by atoms with van der Waals surface area (Å²) in [7, 11) is 1.59. The van der Waals surface area contributed by atoms with Gasteiger partial charge in [-0.1, -0.05) is 0 Å². The monoisotopic (exact) mass is 288 g/mol. The minimum absolute atomic E-state index is 0.0206. The summed E-state index contributed by atoms with van der Waals surface area (Å²) in [6.07, 6.45) is 0.606. The largest absolute Gasteiger partial charge is 0.368 e. The highest BCUT2D eigenvalue weighted by Gasteiger charge is 2.21. The lowest BCUT2D eigenvalue weighted by Gasteiger charge is -2.19. The number of Topliss-reactive ketones (excluding diaryl/α,β-unsaturated/α-hetero) is 1. The third kappa shape index (κ3) is 7.47. The number of primary amides is 1. The molecule has 0 heterocycles. The van der Waals surface area contributed by atoms with Gasteiger partial charge < -0.3 is 26.5 Å². The molecule has 3 amide bonds. The Morgan fingerprint density at radius 2 is 1.85 bits per heavy atom. The molecular formula is C12H22N4O4. The Morgan fingerprint density at radius 3 is 2.30 bits per heavy atom. The normalized spacial score (nSPS) is 13.7. The summed E-state index contributed by atoms with van der Waals surface area (Å²) in [6, 6.07) is -1.58. The van der Waals surface area contributed by atoms with E-state index in [2.05, 4.69) is 16.0 Å². The Bertz CT molecular complexity index is 403. The van der Waals surface area contributed by atoms with Crippen LogP contribution in [0.3, 0.4) is 0 Å². The molecular weight excluding hydrogens is 264 g/mol. The van der Waals surface area contributed by atoms with Crippen LogP contribution in [0.25, 0.3) is 0 Å². The third-order valence-corrected chi connectivity index (χ3v) is 2.62. The Hall–Kier alpha value is -1.96. The Labute approximate surface area is 119 Å². The molecule has 0 aromatic heterocycles. The SMILES string of the molecule is [3H]NC(=O)[C@H](CNC(=O)[C@H](CCC(C)=O)NC)NC(C)=O. The first-order valence-corrected chi connectivity index (χ1v) is 6.24. The lowest BCUT2D eigenvalue weighted by molar-refractivity contribution is -0.127. The van der Waals surface area contributed by atoms with E-state index in [-0.39, 0.29) is 24.7 Å². The fraction of sp³-hybridized carbons (Fsp3) is 0.667. The Balaban J connectivity index is 4.47. The number of nitrogens with two attached hydrogens (primary N) is 1. The molecule has 0 aromatic rings. The topological polar surface area (TPSA) is 130 Å². The van der Waals surface area contributed by atoms with Crippen LogP contribution in [0.15, 0.2) is 0 Å². The maximum Gasteiger partial charge on any atom is 0.241 e. The van der Waals surface area contributed by atoms with Crippen LogP contribution in [0.2, 0.25) is 1.41 Å². The van der Waals surface area contributed by atoms with Crippen molar-refractivity contribution in [1.29, 1.82) is 0 Å². The second-order valence-corrected chi connectivity index (χ2v) is 4.44. The average molecular weight is 288 g/mol. The van der Waals surface area contributed by atoms with Crippen molar-refractivity contribution in [1.82, 2.24) is 16.0 Å². The van der Waals surface area contributed by atoms with E-state index in [1.165, 1.54) is 13.8 Å². The van der Waals surface area contributed by atoms with Crippen LogP contribution in [-0.4, -0.2) is 49.2 Å². The predicted molar refractivity (Wildman–Crippen MR) is 72.6 cm³/mol. The van der Waals surface area contributed by atoms with Crippen molar-refractivity contribution in [2.45, 2.75) is 38.8 Å². The summed E-state index contributed by atoms with van der Waals surface area (Å²) in [5.41, 5.74) is 1.66. The number of carbonyl (C=O) groups is 4. The van der Waals surface area contributed by atoms with Crippen LogP contribution < -0.4 is 21.7 Å². The first kappa shape index (κ1) is 16.1. The van der Waals surface area contributed by atoms with Gasteiger partial charge in [0.25, 0.3) is 0 Å². The van der Waals surface area contributed by atoms with E-state index in [4.69, 9.17) is 1.41 Å². The summed E-state index contributed by atoms with van der Waals surface area (Å²) < 4.78 is 6.79. The summed E-state index contributed by atoms with van der Waals surface area (Å²) in [5, 5.41) is 7.62. The summed E-state index contributed by atoms with van der Waals surface area (Å²) in [6.45, 7) is 2.53. The quantitative estimate of drug-likeness (QED) is 0.392. The minimum Gasteiger partial charge on any atom is -0.368 e. The first-order chi connectivity index (χ1) is 9.81. The van der Waals surface area contributed by atoms with E-state index in [0.29, 0.717) is 6.42 Å². The molecule has 0 fully saturated rings. The molecule has 0 unspecified atom stereocenters. The standard InChI is InChI=1S/C12H22N4O4/c1-7(17)4-5-9(14-3)12(20)15-6-10(11(13)19)16-8(2)18/h9-10,14H,4-6H2,1-3H3,(H2,13,19)(H,15,20)(H,16,18)/t9-,10-/m0/s1/i/hT. The zero-order valence-corrected chi connectivity index (χ0v) is 11.9. The van der Waals surface area contributed by atoms with Crippen LogP contribution in [0.4, 0.5) is 0 Å². The second-order valence-electron chi connectivity index (χ2n) is 4.44. The molecule has 0 radical (unpaired) electrons. The van der Waals surface area contributed by atoms with Crippen LogP contribution in [0, 0.1) is 0 Å². The minimum atomic E-state index is -1.02. The highest BCUT2D eigenvalue weighted by Crippen LogP contribution is 1.98. The molecule has 8 heteroatoms. The van der Waals surface area contributed by atoms with Gasteiger partial charge in [0.2, 0.25) is 17.7 Å². The maximum absolute atomic E-state index is 11.9. The van der Waals surface area contributed by atoms with Crippen LogP contribution in [-0.2, 0) is 19.2 Å². The molecule has 114 valence electrons. The number of amides is 3. The second kappa shape index (κ2) is 9.03. The Kier molecular flexibility index (Phi) is 7.26. The van der Waals surface area contributed by atoms with Gasteiger partial charge in [0.15, 0.2) is 1.41 Å². The lowest BCUT2D eigenvalue weighted by Crippen LogP contribution is -2.53. The lowest BCUT2D eigenvalue weighted by atomic mass is 10.1. The van der Waals surface area contributed by atoms with Crippen molar-refractivity contribution >= 4 is 23.5 Å². The predicted octanol–water partition coefficient (Wildman–Crippen LogP) is -1.95. The van der Waals surface area contributed by atoms with E-state index in [1.807, 2.05) is 0 Å². The smallest absolute Gasteiger partial charge is 0.241 e. The summed E-state index contributed by atoms with van der Waals surface area (Å²) in [4.78, 5) is 45.2. The molecule has 0 spiro atoms. The van der Waals surface area contributed by atoms with Crippen molar-refractivity contribution in [2.75, 3.05) is 13.6 Å². The van der Waals surface area contributed by atoms with E-state index in [9.17, 15) is 19.2 Å². The zero-order chi connectivity index (χ0) is 16.4. The number of carbonyl (C=O) groups excluding carboxylic acids is 4. The van der Waals surface area contributed by atoms with Crippen LogP contribution in [0.1, 0.15) is 26.7 Å². The molecule has 0 rings (SSSR count). The average Bonchev–Trinajstić information content (AvgIpc) is 2.42. The summed E-state index contributed by atoms with van der Waals surface area (Å²) >= 11 is 0. The molecule has 0 aliphatic heterocycles. The van der Waals surface area contributed by atoms with Crippen molar-refractivity contribution in [3.8, 4) is 0 Å². The summed E-state index contributed by atoms with van der Waals surface area (Å²) in [5.74, 6) is -1.57. The molecule has 0 aliphatic rings. The molecule has 2 atom stereocenters. The van der Waals surface area contributed by atoms with Gasteiger partial charge in [-0.3, -0.25) is 14.4 Å². The van der Waals surface area contributed by atoms with E-state index in [1.54, 1.807) is 12.8 Å². The van der Waals surface area contributed by atoms with Crippen molar-refractivity contribution < 1.29 is 20.6 Å². The van der Waals surface area contributed by atoms with E-state index < -0.39 is 23.9 Å².